The summed E-state index contributed by atoms with van der Waals surface area (Å²) in [7, 11) is 0. The second-order valence-electron chi connectivity index (χ2n) is 4.43. The van der Waals surface area contributed by atoms with E-state index in [1.165, 1.54) is 32.1 Å². The lowest BCUT2D eigenvalue weighted by Crippen LogP contribution is -2.27. The van der Waals surface area contributed by atoms with E-state index in [0.717, 1.165) is 5.92 Å². The van der Waals surface area contributed by atoms with Crippen molar-refractivity contribution >= 4 is 0 Å². The third-order valence-electron chi connectivity index (χ3n) is 4.10. The third kappa shape index (κ3) is 0.390. The van der Waals surface area contributed by atoms with Crippen LogP contribution in [0.3, 0.4) is 0 Å². The van der Waals surface area contributed by atoms with Crippen molar-refractivity contribution in [1.82, 2.24) is 0 Å². The maximum absolute atomic E-state index is 5.83. The number of hydrogen-bond acceptors (Lipinski definition) is 2. The molecule has 2 saturated heterocycles. The summed E-state index contributed by atoms with van der Waals surface area (Å²) in [5, 5.41) is 0. The zero-order valence-corrected chi connectivity index (χ0v) is 6.51. The molecule has 60 valence electrons. The van der Waals surface area contributed by atoms with E-state index >= 15 is 0 Å². The Labute approximate surface area is 65.9 Å². The van der Waals surface area contributed by atoms with Gasteiger partial charge in [-0.2, -0.15) is 0 Å². The van der Waals surface area contributed by atoms with Crippen molar-refractivity contribution in [3.05, 3.63) is 0 Å². The second kappa shape index (κ2) is 1.27. The molecule has 0 aromatic heterocycles. The van der Waals surface area contributed by atoms with Gasteiger partial charge in [0.15, 0.2) is 0 Å². The molecule has 2 spiro atoms. The first-order chi connectivity index (χ1) is 5.37. The van der Waals surface area contributed by atoms with Crippen molar-refractivity contribution < 1.29 is 9.47 Å². The van der Waals surface area contributed by atoms with Crippen LogP contribution in [0.1, 0.15) is 32.1 Å². The minimum atomic E-state index is -0.00752. The number of ether oxygens (including phenoxy) is 2. The zero-order valence-electron chi connectivity index (χ0n) is 6.51. The fourth-order valence-corrected chi connectivity index (χ4v) is 3.50. The van der Waals surface area contributed by atoms with Crippen LogP contribution >= 0.6 is 0 Å². The van der Waals surface area contributed by atoms with Crippen LogP contribution in [0.5, 0.6) is 0 Å². The van der Waals surface area contributed by atoms with E-state index in [1.54, 1.807) is 0 Å². The van der Waals surface area contributed by atoms with Crippen LogP contribution in [0, 0.1) is 5.92 Å². The summed E-state index contributed by atoms with van der Waals surface area (Å²) in [5.74, 6) is 0.841. The fraction of sp³-hybridized carbons (Fsp3) is 1.00. The zero-order chi connectivity index (χ0) is 7.10. The fourth-order valence-electron chi connectivity index (χ4n) is 3.50. The normalized spacial score (nSPS) is 69.8. The van der Waals surface area contributed by atoms with Crippen molar-refractivity contribution in [3.63, 3.8) is 0 Å². The van der Waals surface area contributed by atoms with Crippen LogP contribution in [0.15, 0.2) is 0 Å². The Morgan fingerprint density at radius 2 is 2.18 bits per heavy atom. The highest BCUT2D eigenvalue weighted by molar-refractivity contribution is 5.29. The average molecular weight is 152 g/mol. The molecule has 2 saturated carbocycles. The average Bonchev–Trinajstić information content (AvgIpc) is 2.80. The molecule has 4 rings (SSSR count). The van der Waals surface area contributed by atoms with Gasteiger partial charge < -0.3 is 9.47 Å². The van der Waals surface area contributed by atoms with Crippen LogP contribution in [0.25, 0.3) is 0 Å². The molecule has 2 aliphatic heterocycles. The van der Waals surface area contributed by atoms with Gasteiger partial charge in [0, 0.05) is 0 Å². The number of rotatable bonds is 0. The van der Waals surface area contributed by atoms with E-state index in [4.69, 9.17) is 9.47 Å². The molecular formula is C9H12O2. The lowest BCUT2D eigenvalue weighted by Gasteiger charge is -2.16. The first-order valence-electron chi connectivity index (χ1n) is 4.75. The smallest absolute Gasteiger partial charge is 0.226 e. The standard InChI is InChI=1S/C9H12O2/c1-2-6-3-4-7-9(10-7)8(6,5-1)11-9/h6-7H,1-5H2. The molecule has 2 aliphatic carbocycles. The second-order valence-corrected chi connectivity index (χ2v) is 4.43. The molecule has 2 nitrogen and oxygen atoms in total. The Balaban J connectivity index is 1.83. The van der Waals surface area contributed by atoms with Gasteiger partial charge >= 0.3 is 0 Å². The molecule has 4 fully saturated rings. The summed E-state index contributed by atoms with van der Waals surface area (Å²) in [6, 6.07) is 0. The molecule has 0 bridgehead atoms. The van der Waals surface area contributed by atoms with Crippen LogP contribution in [-0.4, -0.2) is 17.5 Å². The molecule has 0 aromatic carbocycles. The van der Waals surface area contributed by atoms with Crippen molar-refractivity contribution in [2.75, 3.05) is 0 Å². The number of hydrogen-bond donors (Lipinski definition) is 0. The third-order valence-corrected chi connectivity index (χ3v) is 4.10. The van der Waals surface area contributed by atoms with E-state index in [9.17, 15) is 0 Å². The number of epoxide rings is 2. The predicted octanol–water partition coefficient (Wildman–Crippen LogP) is 1.44. The van der Waals surface area contributed by atoms with E-state index in [-0.39, 0.29) is 11.4 Å². The molecule has 0 N–H and O–H groups in total. The first kappa shape index (κ1) is 5.55. The molecule has 0 amide bonds. The molecule has 2 heterocycles. The Kier molecular flexibility index (Phi) is 0.641. The van der Waals surface area contributed by atoms with Crippen molar-refractivity contribution in [3.8, 4) is 0 Å². The molecule has 0 radical (unpaired) electrons. The van der Waals surface area contributed by atoms with Crippen LogP contribution in [-0.2, 0) is 9.47 Å². The van der Waals surface area contributed by atoms with Gasteiger partial charge in [0.2, 0.25) is 5.79 Å². The largest absolute Gasteiger partial charge is 0.336 e. The Morgan fingerprint density at radius 3 is 3.18 bits per heavy atom. The van der Waals surface area contributed by atoms with Crippen LogP contribution in [0.2, 0.25) is 0 Å². The quantitative estimate of drug-likeness (QED) is 0.491. The molecule has 11 heavy (non-hydrogen) atoms. The van der Waals surface area contributed by atoms with E-state index < -0.39 is 0 Å². The van der Waals surface area contributed by atoms with Gasteiger partial charge in [0.05, 0.1) is 0 Å². The molecule has 4 atom stereocenters. The highest BCUT2D eigenvalue weighted by Gasteiger charge is 2.89. The monoisotopic (exact) mass is 152 g/mol. The maximum atomic E-state index is 5.83. The van der Waals surface area contributed by atoms with Gasteiger partial charge in [-0.1, -0.05) is 0 Å². The van der Waals surface area contributed by atoms with E-state index in [1.807, 2.05) is 0 Å². The lowest BCUT2D eigenvalue weighted by molar-refractivity contribution is 0.205. The van der Waals surface area contributed by atoms with Crippen molar-refractivity contribution in [2.24, 2.45) is 5.92 Å². The molecule has 2 heteroatoms. The predicted molar refractivity (Wildman–Crippen MR) is 38.0 cm³/mol. The van der Waals surface area contributed by atoms with Gasteiger partial charge in [0.1, 0.15) is 11.7 Å². The van der Waals surface area contributed by atoms with Gasteiger partial charge in [-0.3, -0.25) is 0 Å². The van der Waals surface area contributed by atoms with Gasteiger partial charge in [0.25, 0.3) is 0 Å². The molecule has 4 unspecified atom stereocenters. The van der Waals surface area contributed by atoms with E-state index in [0.29, 0.717) is 6.10 Å². The lowest BCUT2D eigenvalue weighted by atomic mass is 9.82. The summed E-state index contributed by atoms with van der Waals surface area (Å²) in [5.41, 5.74) is 0.246. The minimum absolute atomic E-state index is 0.00752. The molecule has 4 aliphatic rings. The minimum Gasteiger partial charge on any atom is -0.336 e. The highest BCUT2D eigenvalue weighted by atomic mass is 16.9. The van der Waals surface area contributed by atoms with Gasteiger partial charge in [-0.15, -0.1) is 0 Å². The molecule has 0 aromatic rings. The summed E-state index contributed by atoms with van der Waals surface area (Å²) in [6.07, 6.45) is 7.13. The summed E-state index contributed by atoms with van der Waals surface area (Å²) in [4.78, 5) is 0. The van der Waals surface area contributed by atoms with E-state index in [2.05, 4.69) is 0 Å². The maximum Gasteiger partial charge on any atom is 0.226 e. The van der Waals surface area contributed by atoms with Crippen LogP contribution in [0.4, 0.5) is 0 Å². The first-order valence-corrected chi connectivity index (χ1v) is 4.75. The Bertz CT molecular complexity index is 238. The van der Waals surface area contributed by atoms with Gasteiger partial charge in [-0.05, 0) is 38.0 Å². The van der Waals surface area contributed by atoms with Gasteiger partial charge in [-0.25, -0.2) is 0 Å². The summed E-state index contributed by atoms with van der Waals surface area (Å²) >= 11 is 0. The van der Waals surface area contributed by atoms with Crippen LogP contribution < -0.4 is 0 Å². The highest BCUT2D eigenvalue weighted by Crippen LogP contribution is 2.75. The van der Waals surface area contributed by atoms with Crippen molar-refractivity contribution in [1.29, 1.82) is 0 Å². The SMILES string of the molecule is C1CC2CCC3OC34OC24C1. The molecular weight excluding hydrogens is 140 g/mol. The Hall–Kier alpha value is -0.0800. The summed E-state index contributed by atoms with van der Waals surface area (Å²) < 4.78 is 11.5. The summed E-state index contributed by atoms with van der Waals surface area (Å²) in [6.45, 7) is 0. The Morgan fingerprint density at radius 1 is 1.18 bits per heavy atom. The topological polar surface area (TPSA) is 25.1 Å². The van der Waals surface area contributed by atoms with Crippen molar-refractivity contribution in [2.45, 2.75) is 49.6 Å².